The van der Waals surface area contributed by atoms with Gasteiger partial charge in [-0.1, -0.05) is 72.3 Å². The van der Waals surface area contributed by atoms with Gasteiger partial charge in [-0.2, -0.15) is 0 Å². The van der Waals surface area contributed by atoms with E-state index in [1.165, 1.54) is 13.0 Å². The molecule has 0 unspecified atom stereocenters. The van der Waals surface area contributed by atoms with Gasteiger partial charge in [0.1, 0.15) is 10.1 Å². The van der Waals surface area contributed by atoms with Gasteiger partial charge in [0.05, 0.1) is 6.42 Å². The number of hydrogen-bond acceptors (Lipinski definition) is 5. The quantitative estimate of drug-likeness (QED) is 0.521. The van der Waals surface area contributed by atoms with Crippen LogP contribution in [0, 0.1) is 0 Å². The first-order chi connectivity index (χ1) is 14.3. The Morgan fingerprint density at radius 3 is 2.13 bits per heavy atom. The molecule has 3 atom stereocenters. The summed E-state index contributed by atoms with van der Waals surface area (Å²) in [5.74, 6) is -1.18. The number of nitrogens with zero attached hydrogens (tertiary/aromatic N) is 1. The molecule has 2 saturated heterocycles. The molecule has 2 aliphatic rings. The van der Waals surface area contributed by atoms with Crippen LogP contribution in [0.15, 0.2) is 72.3 Å². The summed E-state index contributed by atoms with van der Waals surface area (Å²) in [4.78, 5) is 26.7. The SMILES string of the molecule is C[C@]1(/C=C\Cl)[C@H](C(=O)OC(c2ccccc2)c2ccccc2)N2C(=O)C[C@H]2S1(=O)=O. The highest BCUT2D eigenvalue weighted by Crippen LogP contribution is 2.47. The Morgan fingerprint density at radius 2 is 1.67 bits per heavy atom. The van der Waals surface area contributed by atoms with Crippen molar-refractivity contribution < 1.29 is 22.7 Å². The van der Waals surface area contributed by atoms with Crippen LogP contribution >= 0.6 is 11.6 Å². The fourth-order valence-electron chi connectivity index (χ4n) is 4.12. The molecule has 0 aliphatic carbocycles. The Hall–Kier alpha value is -2.64. The van der Waals surface area contributed by atoms with E-state index in [0.29, 0.717) is 0 Å². The van der Waals surface area contributed by atoms with E-state index in [-0.39, 0.29) is 6.42 Å². The third kappa shape index (κ3) is 3.04. The molecule has 2 aliphatic heterocycles. The van der Waals surface area contributed by atoms with Crippen molar-refractivity contribution in [2.75, 3.05) is 0 Å². The summed E-state index contributed by atoms with van der Waals surface area (Å²) in [5, 5.41) is -1.03. The van der Waals surface area contributed by atoms with E-state index >= 15 is 0 Å². The van der Waals surface area contributed by atoms with E-state index in [9.17, 15) is 18.0 Å². The average Bonchev–Trinajstić information content (AvgIpc) is 2.88. The zero-order valence-electron chi connectivity index (χ0n) is 16.1. The lowest BCUT2D eigenvalue weighted by atomic mass is 9.96. The van der Waals surface area contributed by atoms with Gasteiger partial charge >= 0.3 is 5.97 Å². The van der Waals surface area contributed by atoms with Crippen LogP contribution in [0.25, 0.3) is 0 Å². The fraction of sp³-hybridized carbons (Fsp3) is 0.273. The summed E-state index contributed by atoms with van der Waals surface area (Å²) in [6.07, 6.45) is 0.363. The first-order valence-electron chi connectivity index (χ1n) is 9.44. The van der Waals surface area contributed by atoms with E-state index in [1.54, 1.807) is 0 Å². The molecule has 2 aromatic carbocycles. The Balaban J connectivity index is 1.74. The molecule has 1 amide bonds. The third-order valence-electron chi connectivity index (χ3n) is 5.80. The third-order valence-corrected chi connectivity index (χ3v) is 8.62. The maximum atomic E-state index is 13.4. The first kappa shape index (κ1) is 20.6. The number of benzene rings is 2. The number of β-lactam (4-membered cyclic amide) rings is 1. The van der Waals surface area contributed by atoms with Gasteiger partial charge in [0.15, 0.2) is 22.0 Å². The van der Waals surface area contributed by atoms with Crippen molar-refractivity contribution in [3.63, 3.8) is 0 Å². The van der Waals surface area contributed by atoms with Gasteiger partial charge in [0, 0.05) is 5.54 Å². The van der Waals surface area contributed by atoms with Gasteiger partial charge in [0.2, 0.25) is 5.91 Å². The lowest BCUT2D eigenvalue weighted by Gasteiger charge is -2.36. The van der Waals surface area contributed by atoms with Gasteiger partial charge in [-0.15, -0.1) is 0 Å². The summed E-state index contributed by atoms with van der Waals surface area (Å²) in [6, 6.07) is 17.0. The zero-order chi connectivity index (χ0) is 21.5. The van der Waals surface area contributed by atoms with Gasteiger partial charge in [-0.05, 0) is 24.1 Å². The Morgan fingerprint density at radius 1 is 1.13 bits per heavy atom. The minimum atomic E-state index is -3.85. The van der Waals surface area contributed by atoms with Gasteiger partial charge in [0.25, 0.3) is 0 Å². The van der Waals surface area contributed by atoms with Crippen molar-refractivity contribution >= 4 is 33.3 Å². The molecule has 0 N–H and O–H groups in total. The van der Waals surface area contributed by atoms with E-state index in [4.69, 9.17) is 16.3 Å². The molecule has 4 rings (SSSR count). The molecule has 2 heterocycles. The summed E-state index contributed by atoms with van der Waals surface area (Å²) < 4.78 is 30.3. The average molecular weight is 446 g/mol. The number of hydrogen-bond donors (Lipinski definition) is 0. The molecule has 0 bridgehead atoms. The molecule has 0 spiro atoms. The molecule has 2 aromatic rings. The molecule has 2 fully saturated rings. The zero-order valence-corrected chi connectivity index (χ0v) is 17.7. The van der Waals surface area contributed by atoms with Gasteiger partial charge < -0.3 is 9.64 Å². The second-order valence-corrected chi connectivity index (χ2v) is 10.3. The van der Waals surface area contributed by atoms with Crippen LogP contribution in [0.2, 0.25) is 0 Å². The molecule has 30 heavy (non-hydrogen) atoms. The number of carbonyl (C=O) groups excluding carboxylic acids is 2. The Bertz CT molecular complexity index is 1060. The van der Waals surface area contributed by atoms with Crippen molar-refractivity contribution in [2.45, 2.75) is 35.6 Å². The van der Waals surface area contributed by atoms with Crippen molar-refractivity contribution in [3.8, 4) is 0 Å². The van der Waals surface area contributed by atoms with Crippen LogP contribution in [0.5, 0.6) is 0 Å². The second-order valence-electron chi connectivity index (χ2n) is 7.52. The first-order valence-corrected chi connectivity index (χ1v) is 11.4. The van der Waals surface area contributed by atoms with E-state index in [2.05, 4.69) is 0 Å². The van der Waals surface area contributed by atoms with Crippen LogP contribution in [0.4, 0.5) is 0 Å². The number of amides is 1. The largest absolute Gasteiger partial charge is 0.451 e. The normalized spacial score (nSPS) is 27.2. The van der Waals surface area contributed by atoms with Gasteiger partial charge in [-0.25, -0.2) is 13.2 Å². The molecule has 6 nitrogen and oxygen atoms in total. The van der Waals surface area contributed by atoms with Crippen LogP contribution in [0.1, 0.15) is 30.6 Å². The number of rotatable bonds is 5. The highest BCUT2D eigenvalue weighted by molar-refractivity contribution is 7.94. The summed E-state index contributed by atoms with van der Waals surface area (Å²) in [6.45, 7) is 1.40. The maximum absolute atomic E-state index is 13.4. The molecule has 0 saturated carbocycles. The predicted molar refractivity (Wildman–Crippen MR) is 112 cm³/mol. The van der Waals surface area contributed by atoms with E-state index < -0.39 is 44.0 Å². The molecule has 8 heteroatoms. The van der Waals surface area contributed by atoms with Crippen molar-refractivity contribution in [1.29, 1.82) is 0 Å². The van der Waals surface area contributed by atoms with Crippen LogP contribution in [-0.2, 0) is 24.2 Å². The Labute approximate surface area is 180 Å². The van der Waals surface area contributed by atoms with Crippen molar-refractivity contribution in [3.05, 3.63) is 83.4 Å². The summed E-state index contributed by atoms with van der Waals surface area (Å²) in [7, 11) is -3.85. The topological polar surface area (TPSA) is 80.8 Å². The monoisotopic (exact) mass is 445 g/mol. The second kappa shape index (κ2) is 7.56. The molecular formula is C22H20ClNO5S. The molecule has 0 radical (unpaired) electrons. The van der Waals surface area contributed by atoms with Crippen LogP contribution in [0.3, 0.4) is 0 Å². The lowest BCUT2D eigenvalue weighted by molar-refractivity contribution is -0.163. The Kier molecular flexibility index (Phi) is 5.20. The maximum Gasteiger partial charge on any atom is 0.331 e. The summed E-state index contributed by atoms with van der Waals surface area (Å²) in [5.41, 5.74) is 2.54. The number of esters is 1. The highest BCUT2D eigenvalue weighted by atomic mass is 35.5. The van der Waals surface area contributed by atoms with Crippen LogP contribution in [-0.4, -0.2) is 41.4 Å². The van der Waals surface area contributed by atoms with E-state index in [0.717, 1.165) is 21.6 Å². The summed E-state index contributed by atoms with van der Waals surface area (Å²) >= 11 is 5.72. The number of ether oxygens (including phenoxy) is 1. The minimum Gasteiger partial charge on any atom is -0.451 e. The van der Waals surface area contributed by atoms with Crippen LogP contribution < -0.4 is 0 Å². The number of fused-ring (bicyclic) bond motifs is 1. The standard InChI is InChI=1S/C22H20ClNO5S/c1-22(12-13-23)20(24-17(25)14-18(24)30(22,27)28)21(26)29-19(15-8-4-2-5-9-15)16-10-6-3-7-11-16/h2-13,18-20H,14H2,1H3/b13-12-/t18-,20+,22+/m1/s1. The number of sulfone groups is 1. The van der Waals surface area contributed by atoms with Gasteiger partial charge in [-0.3, -0.25) is 4.79 Å². The fourth-order valence-corrected chi connectivity index (χ4v) is 6.72. The minimum absolute atomic E-state index is 0.140. The highest BCUT2D eigenvalue weighted by Gasteiger charge is 2.69. The number of carbonyl (C=O) groups is 2. The van der Waals surface area contributed by atoms with E-state index in [1.807, 2.05) is 60.7 Å². The van der Waals surface area contributed by atoms with Crippen molar-refractivity contribution in [2.24, 2.45) is 0 Å². The predicted octanol–water partition coefficient (Wildman–Crippen LogP) is 3.19. The lowest BCUT2D eigenvalue weighted by Crippen LogP contribution is -2.57. The molecule has 156 valence electrons. The molecular weight excluding hydrogens is 426 g/mol. The smallest absolute Gasteiger partial charge is 0.331 e. The number of halogens is 1. The molecule has 0 aromatic heterocycles. The van der Waals surface area contributed by atoms with Crippen molar-refractivity contribution in [1.82, 2.24) is 4.90 Å².